The van der Waals surface area contributed by atoms with Gasteiger partial charge in [0.25, 0.3) is 0 Å². The fourth-order valence-corrected chi connectivity index (χ4v) is 4.40. The van der Waals surface area contributed by atoms with Gasteiger partial charge in [-0.2, -0.15) is 0 Å². The van der Waals surface area contributed by atoms with Crippen LogP contribution in [-0.4, -0.2) is 33.1 Å². The highest BCUT2D eigenvalue weighted by Crippen LogP contribution is 2.37. The lowest BCUT2D eigenvalue weighted by molar-refractivity contribution is -0.113. The summed E-state index contributed by atoms with van der Waals surface area (Å²) >= 11 is 4.77. The van der Waals surface area contributed by atoms with E-state index >= 15 is 0 Å². The second kappa shape index (κ2) is 7.23. The van der Waals surface area contributed by atoms with Crippen molar-refractivity contribution in [3.05, 3.63) is 52.5 Å². The molecule has 1 aliphatic heterocycles. The lowest BCUT2D eigenvalue weighted by atomic mass is 10.1. The standard InChI is InChI=1S/C20H15BrN4O3S/c1-11-6-12-7-16-17(28-10-27-16)8-15(12)25-19(11)23-24-20(25)29-9-18(26)22-14-5-3-2-4-13(14)21/h2-8H,9-10H2,1H3,(H,22,26). The van der Waals surface area contributed by atoms with Crippen LogP contribution in [-0.2, 0) is 4.79 Å². The number of hydrogen-bond donors (Lipinski definition) is 1. The number of benzene rings is 2. The number of aromatic nitrogens is 3. The molecule has 5 rings (SSSR count). The molecule has 146 valence electrons. The summed E-state index contributed by atoms with van der Waals surface area (Å²) in [5, 5.41) is 13.2. The van der Waals surface area contributed by atoms with E-state index in [-0.39, 0.29) is 18.5 Å². The molecule has 0 saturated heterocycles. The first kappa shape index (κ1) is 18.3. The number of aryl methyl sites for hydroxylation is 1. The third-order valence-electron chi connectivity index (χ3n) is 4.60. The monoisotopic (exact) mass is 470 g/mol. The third kappa shape index (κ3) is 3.30. The summed E-state index contributed by atoms with van der Waals surface area (Å²) in [7, 11) is 0. The van der Waals surface area contributed by atoms with Crippen molar-refractivity contribution < 1.29 is 14.3 Å². The zero-order valence-corrected chi connectivity index (χ0v) is 17.7. The van der Waals surface area contributed by atoms with E-state index in [4.69, 9.17) is 9.47 Å². The summed E-state index contributed by atoms with van der Waals surface area (Å²) < 4.78 is 13.8. The minimum atomic E-state index is -0.117. The summed E-state index contributed by atoms with van der Waals surface area (Å²) in [6.45, 7) is 2.20. The van der Waals surface area contributed by atoms with Gasteiger partial charge in [-0.05, 0) is 52.7 Å². The van der Waals surface area contributed by atoms with Crippen LogP contribution in [0.2, 0.25) is 0 Å². The highest BCUT2D eigenvalue weighted by molar-refractivity contribution is 9.10. The Hall–Kier alpha value is -2.78. The molecule has 1 amide bonds. The van der Waals surface area contributed by atoms with Crippen LogP contribution in [0.1, 0.15) is 5.56 Å². The van der Waals surface area contributed by atoms with Gasteiger partial charge >= 0.3 is 0 Å². The number of hydrogen-bond acceptors (Lipinski definition) is 6. The number of ether oxygens (including phenoxy) is 2. The average molecular weight is 471 g/mol. The molecule has 0 radical (unpaired) electrons. The first-order valence-electron chi connectivity index (χ1n) is 8.85. The highest BCUT2D eigenvalue weighted by atomic mass is 79.9. The Kier molecular flexibility index (Phi) is 4.56. The molecule has 1 N–H and O–H groups in total. The lowest BCUT2D eigenvalue weighted by Gasteiger charge is -2.09. The number of para-hydroxylation sites is 1. The molecule has 29 heavy (non-hydrogen) atoms. The molecule has 0 fully saturated rings. The normalized spacial score (nSPS) is 12.6. The molecule has 0 saturated carbocycles. The van der Waals surface area contributed by atoms with Gasteiger partial charge < -0.3 is 14.8 Å². The zero-order valence-electron chi connectivity index (χ0n) is 15.3. The van der Waals surface area contributed by atoms with Crippen LogP contribution < -0.4 is 14.8 Å². The smallest absolute Gasteiger partial charge is 0.234 e. The van der Waals surface area contributed by atoms with Gasteiger partial charge in [0.1, 0.15) is 0 Å². The van der Waals surface area contributed by atoms with Gasteiger partial charge in [0.15, 0.2) is 22.3 Å². The summed E-state index contributed by atoms with van der Waals surface area (Å²) in [6, 6.07) is 13.4. The maximum absolute atomic E-state index is 12.4. The van der Waals surface area contributed by atoms with E-state index in [2.05, 4.69) is 37.5 Å². The Morgan fingerprint density at radius 3 is 2.83 bits per heavy atom. The molecule has 1 aliphatic rings. The predicted molar refractivity (Wildman–Crippen MR) is 115 cm³/mol. The topological polar surface area (TPSA) is 77.8 Å². The molecule has 7 nitrogen and oxygen atoms in total. The number of nitrogens with one attached hydrogen (secondary N) is 1. The number of amides is 1. The Morgan fingerprint density at radius 2 is 2.00 bits per heavy atom. The molecule has 3 heterocycles. The van der Waals surface area contributed by atoms with Gasteiger partial charge in [-0.3, -0.25) is 9.20 Å². The largest absolute Gasteiger partial charge is 0.454 e. The van der Waals surface area contributed by atoms with Crippen LogP contribution in [0.3, 0.4) is 0 Å². The van der Waals surface area contributed by atoms with Crippen molar-refractivity contribution in [3.63, 3.8) is 0 Å². The zero-order chi connectivity index (χ0) is 20.0. The fraction of sp³-hybridized carbons (Fsp3) is 0.150. The van der Waals surface area contributed by atoms with E-state index in [9.17, 15) is 4.79 Å². The number of thioether (sulfide) groups is 1. The van der Waals surface area contributed by atoms with E-state index in [0.29, 0.717) is 10.9 Å². The van der Waals surface area contributed by atoms with Gasteiger partial charge in [-0.25, -0.2) is 0 Å². The van der Waals surface area contributed by atoms with Gasteiger partial charge in [0, 0.05) is 15.9 Å². The summed E-state index contributed by atoms with van der Waals surface area (Å²) in [6.07, 6.45) is 0. The number of halogens is 1. The minimum Gasteiger partial charge on any atom is -0.454 e. The SMILES string of the molecule is Cc1cc2cc3c(cc2n2c(SCC(=O)Nc4ccccc4Br)nnc12)OCO3. The first-order valence-corrected chi connectivity index (χ1v) is 10.6. The van der Waals surface area contributed by atoms with Crippen molar-refractivity contribution in [2.24, 2.45) is 0 Å². The number of pyridine rings is 1. The van der Waals surface area contributed by atoms with E-state index in [1.54, 1.807) is 0 Å². The molecular weight excluding hydrogens is 456 g/mol. The summed E-state index contributed by atoms with van der Waals surface area (Å²) in [5.41, 5.74) is 3.39. The number of carbonyl (C=O) groups excluding carboxylic acids is 1. The molecular formula is C20H15BrN4O3S. The van der Waals surface area contributed by atoms with E-state index in [0.717, 1.165) is 38.0 Å². The number of rotatable bonds is 4. The lowest BCUT2D eigenvalue weighted by Crippen LogP contribution is -2.14. The minimum absolute atomic E-state index is 0.117. The first-order chi connectivity index (χ1) is 14.1. The van der Waals surface area contributed by atoms with Crippen LogP contribution in [0.25, 0.3) is 16.6 Å². The summed E-state index contributed by atoms with van der Waals surface area (Å²) in [5.74, 6) is 1.51. The van der Waals surface area contributed by atoms with Crippen molar-refractivity contribution in [3.8, 4) is 11.5 Å². The molecule has 2 aromatic heterocycles. The quantitative estimate of drug-likeness (QED) is 0.445. The molecule has 9 heteroatoms. The molecule has 2 aromatic carbocycles. The van der Waals surface area contributed by atoms with Crippen LogP contribution in [0.4, 0.5) is 5.69 Å². The van der Waals surface area contributed by atoms with Crippen LogP contribution in [0.5, 0.6) is 11.5 Å². The second-order valence-electron chi connectivity index (χ2n) is 6.55. The van der Waals surface area contributed by atoms with Crippen molar-refractivity contribution in [1.29, 1.82) is 0 Å². The van der Waals surface area contributed by atoms with Crippen molar-refractivity contribution in [1.82, 2.24) is 14.6 Å². The molecule has 4 aromatic rings. The average Bonchev–Trinajstić information content (AvgIpc) is 3.33. The molecule has 0 atom stereocenters. The van der Waals surface area contributed by atoms with Crippen molar-refractivity contribution in [2.75, 3.05) is 17.9 Å². The fourth-order valence-electron chi connectivity index (χ4n) is 3.27. The molecule has 0 spiro atoms. The van der Waals surface area contributed by atoms with E-state index in [1.165, 1.54) is 11.8 Å². The number of fused-ring (bicyclic) bond motifs is 4. The molecule has 0 unspecified atom stereocenters. The maximum atomic E-state index is 12.4. The van der Waals surface area contributed by atoms with Crippen LogP contribution >= 0.6 is 27.7 Å². The van der Waals surface area contributed by atoms with E-state index in [1.807, 2.05) is 47.7 Å². The highest BCUT2D eigenvalue weighted by Gasteiger charge is 2.19. The second-order valence-corrected chi connectivity index (χ2v) is 8.35. The number of carbonyl (C=O) groups is 1. The Bertz CT molecular complexity index is 1270. The van der Waals surface area contributed by atoms with Crippen molar-refractivity contribution in [2.45, 2.75) is 12.1 Å². The van der Waals surface area contributed by atoms with Gasteiger partial charge in [0.2, 0.25) is 12.7 Å². The molecule has 0 bridgehead atoms. The third-order valence-corrected chi connectivity index (χ3v) is 6.22. The van der Waals surface area contributed by atoms with E-state index < -0.39 is 0 Å². The van der Waals surface area contributed by atoms with Crippen LogP contribution in [0.15, 0.2) is 52.1 Å². The number of anilines is 1. The Labute approximate surface area is 178 Å². The maximum Gasteiger partial charge on any atom is 0.234 e. The molecule has 0 aliphatic carbocycles. The van der Waals surface area contributed by atoms with Gasteiger partial charge in [-0.1, -0.05) is 23.9 Å². The Balaban J connectivity index is 1.46. The Morgan fingerprint density at radius 1 is 1.21 bits per heavy atom. The van der Waals surface area contributed by atoms with Gasteiger partial charge in [-0.15, -0.1) is 10.2 Å². The predicted octanol–water partition coefficient (Wildman–Crippen LogP) is 4.41. The summed E-state index contributed by atoms with van der Waals surface area (Å²) in [4.78, 5) is 12.4. The number of nitrogens with zero attached hydrogens (tertiary/aromatic N) is 3. The van der Waals surface area contributed by atoms with Crippen LogP contribution in [0, 0.1) is 6.92 Å². The van der Waals surface area contributed by atoms with Crippen molar-refractivity contribution >= 4 is 55.8 Å². The van der Waals surface area contributed by atoms with Gasteiger partial charge in [0.05, 0.1) is 17.0 Å².